The fourth-order valence-electron chi connectivity index (χ4n) is 3.58. The van der Waals surface area contributed by atoms with E-state index < -0.39 is 5.92 Å². The molecule has 6 heteroatoms. The van der Waals surface area contributed by atoms with Crippen molar-refractivity contribution < 1.29 is 19.0 Å². The van der Waals surface area contributed by atoms with Crippen LogP contribution in [0.25, 0.3) is 21.5 Å². The van der Waals surface area contributed by atoms with Gasteiger partial charge in [0.25, 0.3) is 0 Å². The largest absolute Gasteiger partial charge is 0.461 e. The molecule has 0 aromatic heterocycles. The first kappa shape index (κ1) is 19.3. The van der Waals surface area contributed by atoms with Crippen molar-refractivity contribution in [3.63, 3.8) is 0 Å². The van der Waals surface area contributed by atoms with Gasteiger partial charge in [0.05, 0.1) is 5.92 Å². The van der Waals surface area contributed by atoms with Gasteiger partial charge in [0.2, 0.25) is 0 Å². The lowest BCUT2D eigenvalue weighted by Gasteiger charge is -2.16. The minimum atomic E-state index is -0.427. The zero-order chi connectivity index (χ0) is 20.4. The average molecular weight is 408 g/mol. The maximum atomic E-state index is 12.9. The van der Waals surface area contributed by atoms with Crippen molar-refractivity contribution in [2.45, 2.75) is 25.4 Å². The van der Waals surface area contributed by atoms with E-state index in [4.69, 9.17) is 26.4 Å². The highest BCUT2D eigenvalue weighted by atomic mass is 32.1. The van der Waals surface area contributed by atoms with Gasteiger partial charge in [0.1, 0.15) is 13.2 Å². The van der Waals surface area contributed by atoms with Crippen LogP contribution in [0.15, 0.2) is 59.4 Å². The van der Waals surface area contributed by atoms with Crippen LogP contribution >= 0.6 is 12.2 Å². The molecule has 5 nitrogen and oxygen atoms in total. The monoisotopic (exact) mass is 408 g/mol. The first-order valence-electron chi connectivity index (χ1n) is 9.52. The molecule has 2 atom stereocenters. The summed E-state index contributed by atoms with van der Waals surface area (Å²) in [4.78, 5) is 25.6. The van der Waals surface area contributed by atoms with Crippen LogP contribution in [-0.4, -0.2) is 30.5 Å². The molecule has 4 rings (SSSR count). The molecule has 0 N–H and O–H groups in total. The number of thiocarbonyl (C=S) groups is 1. The number of carbonyl (C=O) groups is 1. The van der Waals surface area contributed by atoms with Gasteiger partial charge in [-0.1, -0.05) is 61.5 Å². The molecule has 1 aliphatic heterocycles. The summed E-state index contributed by atoms with van der Waals surface area (Å²) in [5.74, 6) is -0.759. The van der Waals surface area contributed by atoms with E-state index in [0.717, 1.165) is 16.3 Å². The zero-order valence-corrected chi connectivity index (χ0v) is 16.7. The van der Waals surface area contributed by atoms with Gasteiger partial charge in [0, 0.05) is 23.0 Å². The van der Waals surface area contributed by atoms with Crippen LogP contribution in [0.1, 0.15) is 24.8 Å². The molecule has 148 valence electrons. The zero-order valence-electron chi connectivity index (χ0n) is 15.9. The lowest BCUT2D eigenvalue weighted by Crippen LogP contribution is -2.24. The molecular weight excluding hydrogens is 388 g/mol. The Morgan fingerprint density at radius 1 is 1.14 bits per heavy atom. The Labute approximate surface area is 173 Å². The van der Waals surface area contributed by atoms with E-state index in [1.807, 2.05) is 55.5 Å². The molecule has 3 aromatic carbocycles. The lowest BCUT2D eigenvalue weighted by atomic mass is 9.94. The number of benzene rings is 2. The molecule has 1 fully saturated rings. The van der Waals surface area contributed by atoms with Crippen LogP contribution in [0, 0.1) is 0 Å². The molecule has 3 aromatic rings. The molecule has 0 saturated carbocycles. The number of hydrogen-bond donors (Lipinski definition) is 0. The van der Waals surface area contributed by atoms with E-state index in [1.54, 1.807) is 6.07 Å². The summed E-state index contributed by atoms with van der Waals surface area (Å²) in [7, 11) is 0. The first-order valence-corrected chi connectivity index (χ1v) is 9.93. The van der Waals surface area contributed by atoms with E-state index in [1.165, 1.54) is 0 Å². The highest BCUT2D eigenvalue weighted by molar-refractivity contribution is 7.79. The van der Waals surface area contributed by atoms with Gasteiger partial charge in [-0.2, -0.15) is 0 Å². The van der Waals surface area contributed by atoms with Gasteiger partial charge in [-0.3, -0.25) is 9.59 Å². The average Bonchev–Trinajstić information content (AvgIpc) is 3.10. The molecule has 2 unspecified atom stereocenters. The number of esters is 1. The van der Waals surface area contributed by atoms with Gasteiger partial charge in [-0.25, -0.2) is 0 Å². The van der Waals surface area contributed by atoms with Crippen molar-refractivity contribution in [1.82, 2.24) is 0 Å². The second kappa shape index (κ2) is 8.17. The minimum Gasteiger partial charge on any atom is -0.461 e. The summed E-state index contributed by atoms with van der Waals surface area (Å²) in [6, 6.07) is 16.9. The van der Waals surface area contributed by atoms with Crippen LogP contribution in [0.3, 0.4) is 0 Å². The standard InChI is InChI=1S/C23H20O5S/c1-2-18(22(25)26-12-17-13-27-23(29)28-17)15-9-10-20-16(11-15)8-7-14-5-3-4-6-19(14)21(20)24/h3-11,17-18H,2,12-13H2,1H3. The molecular formula is C23H20O5S. The molecule has 0 spiro atoms. The maximum absolute atomic E-state index is 12.9. The normalized spacial score (nSPS) is 17.0. The van der Waals surface area contributed by atoms with Crippen LogP contribution in [0.4, 0.5) is 0 Å². The van der Waals surface area contributed by atoms with E-state index in [9.17, 15) is 9.59 Å². The van der Waals surface area contributed by atoms with Gasteiger partial charge in [-0.15, -0.1) is 0 Å². The third-order valence-electron chi connectivity index (χ3n) is 5.12. The van der Waals surface area contributed by atoms with Crippen molar-refractivity contribution in [2.75, 3.05) is 13.2 Å². The van der Waals surface area contributed by atoms with Crippen molar-refractivity contribution in [1.29, 1.82) is 0 Å². The van der Waals surface area contributed by atoms with Crippen LogP contribution in [0.2, 0.25) is 0 Å². The molecule has 1 aliphatic rings. The Bertz CT molecular complexity index is 1160. The molecule has 1 saturated heterocycles. The summed E-state index contributed by atoms with van der Waals surface area (Å²) in [5.41, 5.74) is 0.802. The Kier molecular flexibility index (Phi) is 5.45. The number of hydrogen-bond acceptors (Lipinski definition) is 6. The SMILES string of the molecule is CCC(C(=O)OCC1COC(=S)O1)c1ccc2c(=O)c3ccccc3ccc2c1. The van der Waals surface area contributed by atoms with Crippen molar-refractivity contribution in [3.05, 3.63) is 70.4 Å². The first-order chi connectivity index (χ1) is 14.1. The van der Waals surface area contributed by atoms with Crippen LogP contribution in [0.5, 0.6) is 0 Å². The minimum absolute atomic E-state index is 0.0165. The fourth-order valence-corrected chi connectivity index (χ4v) is 3.78. The van der Waals surface area contributed by atoms with Crippen molar-refractivity contribution in [2.24, 2.45) is 0 Å². The topological polar surface area (TPSA) is 61.8 Å². The Hall–Kier alpha value is -2.99. The molecule has 1 heterocycles. The van der Waals surface area contributed by atoms with Crippen molar-refractivity contribution >= 4 is 45.0 Å². The van der Waals surface area contributed by atoms with Crippen LogP contribution in [-0.2, 0) is 19.0 Å². The highest BCUT2D eigenvalue weighted by Crippen LogP contribution is 2.25. The second-order valence-electron chi connectivity index (χ2n) is 6.99. The Morgan fingerprint density at radius 2 is 1.90 bits per heavy atom. The summed E-state index contributed by atoms with van der Waals surface area (Å²) < 4.78 is 15.7. The number of rotatable bonds is 5. The smallest absolute Gasteiger partial charge is 0.352 e. The maximum Gasteiger partial charge on any atom is 0.352 e. The van der Waals surface area contributed by atoms with E-state index in [2.05, 4.69) is 0 Å². The molecule has 0 aliphatic carbocycles. The molecule has 0 radical (unpaired) electrons. The van der Waals surface area contributed by atoms with E-state index in [-0.39, 0.29) is 36.0 Å². The summed E-state index contributed by atoms with van der Waals surface area (Å²) in [6.45, 7) is 2.31. The van der Waals surface area contributed by atoms with E-state index >= 15 is 0 Å². The van der Waals surface area contributed by atoms with E-state index in [0.29, 0.717) is 17.2 Å². The molecule has 0 amide bonds. The van der Waals surface area contributed by atoms with Gasteiger partial charge < -0.3 is 14.2 Å². The third kappa shape index (κ3) is 3.93. The second-order valence-corrected chi connectivity index (χ2v) is 7.32. The highest BCUT2D eigenvalue weighted by Gasteiger charge is 2.26. The van der Waals surface area contributed by atoms with Crippen LogP contribution < -0.4 is 5.43 Å². The quantitative estimate of drug-likeness (QED) is 0.468. The Morgan fingerprint density at radius 3 is 2.66 bits per heavy atom. The summed E-state index contributed by atoms with van der Waals surface area (Å²) >= 11 is 4.81. The predicted octanol–water partition coefficient (Wildman–Crippen LogP) is 4.09. The van der Waals surface area contributed by atoms with Gasteiger partial charge in [0.15, 0.2) is 11.5 Å². The van der Waals surface area contributed by atoms with Crippen molar-refractivity contribution in [3.8, 4) is 0 Å². The predicted molar refractivity (Wildman–Crippen MR) is 115 cm³/mol. The molecule has 29 heavy (non-hydrogen) atoms. The fraction of sp³-hybridized carbons (Fsp3) is 0.261. The Balaban J connectivity index is 1.63. The molecule has 0 bridgehead atoms. The lowest BCUT2D eigenvalue weighted by molar-refractivity contribution is -0.147. The number of fused-ring (bicyclic) bond motifs is 2. The van der Waals surface area contributed by atoms with Gasteiger partial charge >= 0.3 is 11.2 Å². The summed E-state index contributed by atoms with van der Waals surface area (Å²) in [6.07, 6.45) is 0.214. The summed E-state index contributed by atoms with van der Waals surface area (Å²) in [5, 5.41) is 3.08. The third-order valence-corrected chi connectivity index (χ3v) is 5.34. The van der Waals surface area contributed by atoms with Gasteiger partial charge in [-0.05, 0) is 22.8 Å². The number of ether oxygens (including phenoxy) is 3. The number of carbonyl (C=O) groups excluding carboxylic acids is 1.